The topological polar surface area (TPSA) is 55.6 Å². The Morgan fingerprint density at radius 3 is 2.38 bits per heavy atom. The zero-order valence-electron chi connectivity index (χ0n) is 14.0. The predicted octanol–water partition coefficient (Wildman–Crippen LogP) is 4.78. The molecule has 2 heterocycles. The smallest absolute Gasteiger partial charge is 0.165 e. The summed E-state index contributed by atoms with van der Waals surface area (Å²) in [6.07, 6.45) is 15.6. The summed E-state index contributed by atoms with van der Waals surface area (Å²) in [6, 6.07) is 0.575. The molecule has 1 N–H and O–H groups in total. The summed E-state index contributed by atoms with van der Waals surface area (Å²) in [7, 11) is 0. The average Bonchev–Trinajstić information content (AvgIpc) is 3.22. The maximum Gasteiger partial charge on any atom is 0.165 e. The van der Waals surface area contributed by atoms with E-state index in [4.69, 9.17) is 0 Å². The Hall–Kier alpha value is -1.07. The molecule has 2 aromatic rings. The van der Waals surface area contributed by atoms with Gasteiger partial charge in [-0.3, -0.25) is 0 Å². The lowest BCUT2D eigenvalue weighted by Gasteiger charge is -2.22. The third kappa shape index (κ3) is 3.94. The summed E-state index contributed by atoms with van der Waals surface area (Å²) in [5.74, 6) is 1.70. The highest BCUT2D eigenvalue weighted by molar-refractivity contribution is 5.85. The highest BCUT2D eigenvalue weighted by atomic mass is 35.5. The zero-order chi connectivity index (χ0) is 14.8. The molecule has 0 atom stereocenters. The van der Waals surface area contributed by atoms with E-state index in [1.807, 2.05) is 6.33 Å². The molecule has 0 bridgehead atoms. The van der Waals surface area contributed by atoms with Crippen LogP contribution in [-0.4, -0.2) is 26.1 Å². The lowest BCUT2D eigenvalue weighted by atomic mass is 9.89. The number of aromatic nitrogens is 4. The van der Waals surface area contributed by atoms with Gasteiger partial charge >= 0.3 is 0 Å². The number of hydrogen-bond donors (Lipinski definition) is 1. The first-order chi connectivity index (χ1) is 10.9. The van der Waals surface area contributed by atoms with Crippen molar-refractivity contribution < 1.29 is 0 Å². The van der Waals surface area contributed by atoms with Gasteiger partial charge in [0, 0.05) is 12.6 Å². The molecule has 0 aliphatic heterocycles. The van der Waals surface area contributed by atoms with E-state index in [0.717, 1.165) is 29.4 Å². The molecule has 5 nitrogen and oxygen atoms in total. The van der Waals surface area contributed by atoms with E-state index in [1.165, 1.54) is 57.8 Å². The lowest BCUT2D eigenvalue weighted by Crippen LogP contribution is -2.18. The zero-order valence-corrected chi connectivity index (χ0v) is 15.6. The Labute approximate surface area is 155 Å². The fourth-order valence-corrected chi connectivity index (χ4v) is 4.06. The Balaban J connectivity index is 0.00000104. The summed E-state index contributed by atoms with van der Waals surface area (Å²) in [5.41, 5.74) is 1.93. The summed E-state index contributed by atoms with van der Waals surface area (Å²) in [5, 5.41) is 3.53. The highest BCUT2D eigenvalue weighted by Crippen LogP contribution is 2.32. The molecule has 134 valence electrons. The van der Waals surface area contributed by atoms with Crippen molar-refractivity contribution in [3.8, 4) is 0 Å². The molecule has 2 aromatic heterocycles. The molecule has 2 saturated carbocycles. The van der Waals surface area contributed by atoms with Crippen molar-refractivity contribution >= 4 is 41.8 Å². The van der Waals surface area contributed by atoms with Gasteiger partial charge in [0.05, 0.1) is 6.33 Å². The number of fused-ring (bicyclic) bond motifs is 1. The SMILES string of the molecule is Cl.Cl.c1nc(NCC2CCCCC2)c2ncn(C3CCCC3)c2n1. The van der Waals surface area contributed by atoms with Crippen molar-refractivity contribution in [2.45, 2.75) is 63.8 Å². The molecule has 7 heteroatoms. The van der Waals surface area contributed by atoms with Gasteiger partial charge in [-0.1, -0.05) is 32.1 Å². The van der Waals surface area contributed by atoms with Gasteiger partial charge in [0.1, 0.15) is 11.8 Å². The van der Waals surface area contributed by atoms with Gasteiger partial charge < -0.3 is 9.88 Å². The highest BCUT2D eigenvalue weighted by Gasteiger charge is 2.21. The number of anilines is 1. The molecular weight excluding hydrogens is 345 g/mol. The van der Waals surface area contributed by atoms with Crippen molar-refractivity contribution in [2.75, 3.05) is 11.9 Å². The van der Waals surface area contributed by atoms with E-state index in [1.54, 1.807) is 6.33 Å². The van der Waals surface area contributed by atoms with E-state index in [2.05, 4.69) is 24.8 Å². The molecule has 0 radical (unpaired) electrons. The summed E-state index contributed by atoms with van der Waals surface area (Å²) >= 11 is 0. The Kier molecular flexibility index (Phi) is 7.11. The molecular formula is C17H27Cl2N5. The van der Waals surface area contributed by atoms with Crippen LogP contribution in [0.5, 0.6) is 0 Å². The Morgan fingerprint density at radius 2 is 1.62 bits per heavy atom. The normalized spacial score (nSPS) is 19.0. The van der Waals surface area contributed by atoms with Crippen LogP contribution in [-0.2, 0) is 0 Å². The molecule has 2 fully saturated rings. The quantitative estimate of drug-likeness (QED) is 0.839. The van der Waals surface area contributed by atoms with Crippen molar-refractivity contribution in [2.24, 2.45) is 5.92 Å². The van der Waals surface area contributed by atoms with E-state index in [9.17, 15) is 0 Å². The van der Waals surface area contributed by atoms with E-state index < -0.39 is 0 Å². The second-order valence-corrected chi connectivity index (χ2v) is 6.87. The van der Waals surface area contributed by atoms with Crippen molar-refractivity contribution in [3.63, 3.8) is 0 Å². The number of hydrogen-bond acceptors (Lipinski definition) is 4. The molecule has 0 saturated heterocycles. The molecule has 24 heavy (non-hydrogen) atoms. The van der Waals surface area contributed by atoms with Crippen LogP contribution in [0.15, 0.2) is 12.7 Å². The average molecular weight is 372 g/mol. The Bertz CT molecular complexity index is 633. The summed E-state index contributed by atoms with van der Waals surface area (Å²) in [6.45, 7) is 1.02. The van der Waals surface area contributed by atoms with Crippen LogP contribution in [0.3, 0.4) is 0 Å². The third-order valence-corrected chi connectivity index (χ3v) is 5.36. The number of nitrogens with zero attached hydrogens (tertiary/aromatic N) is 4. The first-order valence-electron chi connectivity index (χ1n) is 8.83. The minimum absolute atomic E-state index is 0. The van der Waals surface area contributed by atoms with Crippen LogP contribution in [0.1, 0.15) is 63.8 Å². The predicted molar refractivity (Wildman–Crippen MR) is 102 cm³/mol. The minimum Gasteiger partial charge on any atom is -0.368 e. The van der Waals surface area contributed by atoms with Crippen LogP contribution in [0.4, 0.5) is 5.82 Å². The van der Waals surface area contributed by atoms with Crippen LogP contribution in [0.2, 0.25) is 0 Å². The number of imidazole rings is 1. The van der Waals surface area contributed by atoms with Crippen LogP contribution in [0.25, 0.3) is 11.2 Å². The van der Waals surface area contributed by atoms with Crippen LogP contribution in [0, 0.1) is 5.92 Å². The van der Waals surface area contributed by atoms with Crippen LogP contribution >= 0.6 is 24.8 Å². The summed E-state index contributed by atoms with van der Waals surface area (Å²) < 4.78 is 2.26. The van der Waals surface area contributed by atoms with Crippen molar-refractivity contribution in [1.29, 1.82) is 0 Å². The van der Waals surface area contributed by atoms with E-state index in [-0.39, 0.29) is 24.8 Å². The van der Waals surface area contributed by atoms with Gasteiger partial charge in [0.2, 0.25) is 0 Å². The van der Waals surface area contributed by atoms with Gasteiger partial charge in [-0.05, 0) is 31.6 Å². The molecule has 2 aliphatic carbocycles. The van der Waals surface area contributed by atoms with E-state index >= 15 is 0 Å². The first kappa shape index (κ1) is 19.3. The molecule has 4 rings (SSSR count). The second-order valence-electron chi connectivity index (χ2n) is 6.87. The molecule has 2 aliphatic rings. The van der Waals surface area contributed by atoms with Gasteiger partial charge in [0.25, 0.3) is 0 Å². The molecule has 0 aromatic carbocycles. The lowest BCUT2D eigenvalue weighted by molar-refractivity contribution is 0.373. The number of halogens is 2. The van der Waals surface area contributed by atoms with Crippen molar-refractivity contribution in [3.05, 3.63) is 12.7 Å². The fourth-order valence-electron chi connectivity index (χ4n) is 4.06. The van der Waals surface area contributed by atoms with E-state index in [0.29, 0.717) is 6.04 Å². The Morgan fingerprint density at radius 1 is 0.917 bits per heavy atom. The fraction of sp³-hybridized carbons (Fsp3) is 0.706. The maximum atomic E-state index is 4.60. The number of nitrogens with one attached hydrogen (secondary N) is 1. The molecule has 0 spiro atoms. The minimum atomic E-state index is 0. The monoisotopic (exact) mass is 371 g/mol. The second kappa shape index (κ2) is 8.86. The first-order valence-corrected chi connectivity index (χ1v) is 8.83. The maximum absolute atomic E-state index is 4.60. The van der Waals surface area contributed by atoms with Crippen LogP contribution < -0.4 is 5.32 Å². The third-order valence-electron chi connectivity index (χ3n) is 5.36. The van der Waals surface area contributed by atoms with Gasteiger partial charge in [-0.25, -0.2) is 15.0 Å². The summed E-state index contributed by atoms with van der Waals surface area (Å²) in [4.78, 5) is 13.5. The molecule has 0 unspecified atom stereocenters. The molecule has 0 amide bonds. The van der Waals surface area contributed by atoms with Gasteiger partial charge in [-0.15, -0.1) is 24.8 Å². The van der Waals surface area contributed by atoms with Crippen molar-refractivity contribution in [1.82, 2.24) is 19.5 Å². The standard InChI is InChI=1S/C17H25N5.2ClH/c1-2-6-13(7-3-1)10-18-16-15-17(20-11-19-16)22(12-21-15)14-8-4-5-9-14;;/h11-14H,1-10H2,(H,18,19,20);2*1H. The van der Waals surface area contributed by atoms with Gasteiger partial charge in [-0.2, -0.15) is 0 Å². The van der Waals surface area contributed by atoms with Gasteiger partial charge in [0.15, 0.2) is 11.5 Å². The largest absolute Gasteiger partial charge is 0.368 e. The number of rotatable bonds is 4.